The molecule has 0 saturated carbocycles. The van der Waals surface area contributed by atoms with Gasteiger partial charge in [0.25, 0.3) is 0 Å². The van der Waals surface area contributed by atoms with E-state index in [1.54, 1.807) is 0 Å². The summed E-state index contributed by atoms with van der Waals surface area (Å²) in [7, 11) is 0. The van der Waals surface area contributed by atoms with E-state index in [-0.39, 0.29) is 27.7 Å². The smallest absolute Gasteiger partial charge is 0.0554 e. The van der Waals surface area contributed by atoms with E-state index >= 15 is 0 Å². The van der Waals surface area contributed by atoms with Crippen molar-refractivity contribution < 1.29 is 26.2 Å². The monoisotopic (exact) mass is 186 g/mol. The molecule has 7 heavy (non-hydrogen) atoms. The van der Waals surface area contributed by atoms with Crippen LogP contribution in [0.2, 0.25) is 0 Å². The molecular formula is C4H10MoNO-. The molecule has 0 atom stereocenters. The second kappa shape index (κ2) is 9.79. The van der Waals surface area contributed by atoms with Gasteiger partial charge in [-0.25, -0.2) is 0 Å². The van der Waals surface area contributed by atoms with Crippen LogP contribution in [0.25, 0.3) is 0 Å². The summed E-state index contributed by atoms with van der Waals surface area (Å²) in [6.07, 6.45) is 0. The van der Waals surface area contributed by atoms with Crippen LogP contribution in [0, 0.1) is 6.92 Å². The number of aliphatic hydroxyl groups is 1. The predicted molar refractivity (Wildman–Crippen MR) is 25.3 cm³/mol. The van der Waals surface area contributed by atoms with Gasteiger partial charge < -0.3 is 17.3 Å². The number of nitrogens with one attached hydrogen (secondary N) is 1. The van der Waals surface area contributed by atoms with Crippen molar-refractivity contribution in [2.24, 2.45) is 0 Å². The third-order valence-electron chi connectivity index (χ3n) is 0.465. The van der Waals surface area contributed by atoms with Crippen molar-refractivity contribution in [3.8, 4) is 0 Å². The van der Waals surface area contributed by atoms with Crippen molar-refractivity contribution in [1.82, 2.24) is 5.32 Å². The van der Waals surface area contributed by atoms with Crippen molar-refractivity contribution in [3.63, 3.8) is 0 Å². The molecule has 2 N–H and O–H groups in total. The Balaban J connectivity index is 0. The van der Waals surface area contributed by atoms with Gasteiger partial charge in [0.1, 0.15) is 0 Å². The second-order valence-electron chi connectivity index (χ2n) is 0.974. The van der Waals surface area contributed by atoms with Crippen molar-refractivity contribution in [1.29, 1.82) is 0 Å². The SMILES string of the molecule is [CH2-]CNCCO.[Mo]. The Morgan fingerprint density at radius 3 is 2.29 bits per heavy atom. The maximum absolute atomic E-state index is 8.11. The molecule has 0 aliphatic carbocycles. The van der Waals surface area contributed by atoms with E-state index in [0.717, 1.165) is 0 Å². The zero-order valence-electron chi connectivity index (χ0n) is 4.18. The molecule has 0 bridgehead atoms. The largest absolute Gasteiger partial charge is 0.395 e. The van der Waals surface area contributed by atoms with Gasteiger partial charge in [-0.3, -0.25) is 0 Å². The number of aliphatic hydroxyl groups excluding tert-OH is 1. The Hall–Kier alpha value is 0.608. The fourth-order valence-electron chi connectivity index (χ4n) is 0.204. The Bertz CT molecular complexity index is 23.7. The van der Waals surface area contributed by atoms with Crippen LogP contribution in [0.1, 0.15) is 0 Å². The third-order valence-corrected chi connectivity index (χ3v) is 0.465. The van der Waals surface area contributed by atoms with Crippen molar-refractivity contribution in [2.75, 3.05) is 19.7 Å². The summed E-state index contributed by atoms with van der Waals surface area (Å²) in [5, 5.41) is 10.9. The minimum atomic E-state index is 0. The molecule has 0 amide bonds. The quantitative estimate of drug-likeness (QED) is 0.348. The first-order valence-corrected chi connectivity index (χ1v) is 2.02. The Morgan fingerprint density at radius 1 is 1.57 bits per heavy atom. The second-order valence-corrected chi connectivity index (χ2v) is 0.974. The van der Waals surface area contributed by atoms with Gasteiger partial charge >= 0.3 is 0 Å². The van der Waals surface area contributed by atoms with Gasteiger partial charge in [-0.15, -0.1) is 6.54 Å². The van der Waals surface area contributed by atoms with Gasteiger partial charge in [0.05, 0.1) is 6.61 Å². The molecule has 2 nitrogen and oxygen atoms in total. The van der Waals surface area contributed by atoms with Gasteiger partial charge in [0.15, 0.2) is 0 Å². The zero-order valence-corrected chi connectivity index (χ0v) is 6.19. The van der Waals surface area contributed by atoms with Gasteiger partial charge in [-0.05, 0) is 0 Å². The molecule has 0 radical (unpaired) electrons. The molecule has 44 valence electrons. The number of hydrogen-bond acceptors (Lipinski definition) is 2. The third kappa shape index (κ3) is 10.8. The molecule has 0 aromatic rings. The van der Waals surface area contributed by atoms with Crippen LogP contribution >= 0.6 is 0 Å². The summed E-state index contributed by atoms with van der Waals surface area (Å²) >= 11 is 0. The van der Waals surface area contributed by atoms with Gasteiger partial charge in [-0.2, -0.15) is 0 Å². The minimum Gasteiger partial charge on any atom is -0.395 e. The van der Waals surface area contributed by atoms with E-state index < -0.39 is 0 Å². The van der Waals surface area contributed by atoms with Crippen LogP contribution in [-0.4, -0.2) is 24.8 Å². The first-order valence-electron chi connectivity index (χ1n) is 2.02. The summed E-state index contributed by atoms with van der Waals surface area (Å²) in [5.41, 5.74) is 0. The number of rotatable bonds is 3. The topological polar surface area (TPSA) is 32.3 Å². The minimum absolute atomic E-state index is 0. The summed E-state index contributed by atoms with van der Waals surface area (Å²) in [6.45, 7) is 5.06. The molecule has 0 aliphatic rings. The number of hydrogen-bond donors (Lipinski definition) is 2. The van der Waals surface area contributed by atoms with E-state index in [9.17, 15) is 0 Å². The average Bonchev–Trinajstić information content (AvgIpc) is 1.61. The summed E-state index contributed by atoms with van der Waals surface area (Å²) in [6, 6.07) is 0. The molecule has 0 saturated heterocycles. The molecule has 0 fully saturated rings. The van der Waals surface area contributed by atoms with Crippen LogP contribution in [0.3, 0.4) is 0 Å². The summed E-state index contributed by atoms with van der Waals surface area (Å²) < 4.78 is 0. The fraction of sp³-hybridized carbons (Fsp3) is 0.750. The van der Waals surface area contributed by atoms with Crippen LogP contribution in [0.4, 0.5) is 0 Å². The summed E-state index contributed by atoms with van der Waals surface area (Å²) in [4.78, 5) is 0. The molecule has 0 aliphatic heterocycles. The van der Waals surface area contributed by atoms with Crippen molar-refractivity contribution >= 4 is 0 Å². The molecule has 0 aromatic heterocycles. The Labute approximate surface area is 58.6 Å². The normalized spacial score (nSPS) is 7.71. The van der Waals surface area contributed by atoms with Gasteiger partial charge in [0.2, 0.25) is 0 Å². The van der Waals surface area contributed by atoms with Crippen LogP contribution < -0.4 is 5.32 Å². The van der Waals surface area contributed by atoms with Crippen LogP contribution in [0.5, 0.6) is 0 Å². The molecule has 0 heterocycles. The predicted octanol–water partition coefficient (Wildman–Crippen LogP) is -0.600. The Kier molecular flexibility index (Phi) is 14.8. The molecular weight excluding hydrogens is 174 g/mol. The van der Waals surface area contributed by atoms with E-state index in [1.807, 2.05) is 0 Å². The average molecular weight is 184 g/mol. The standard InChI is InChI=1S/C4H10NO.Mo/c1-2-5-3-4-6;/h5-6H,1-4H2;/q-1;. The molecule has 0 unspecified atom stereocenters. The summed E-state index contributed by atoms with van der Waals surface area (Å²) in [5.74, 6) is 0. The first kappa shape index (κ1) is 10.6. The molecule has 0 spiro atoms. The van der Waals surface area contributed by atoms with E-state index in [0.29, 0.717) is 13.1 Å². The van der Waals surface area contributed by atoms with E-state index in [1.165, 1.54) is 0 Å². The zero-order chi connectivity index (χ0) is 4.83. The van der Waals surface area contributed by atoms with Crippen LogP contribution in [0.15, 0.2) is 0 Å². The maximum atomic E-state index is 8.11. The first-order chi connectivity index (χ1) is 2.91. The Morgan fingerprint density at radius 2 is 2.14 bits per heavy atom. The fourth-order valence-corrected chi connectivity index (χ4v) is 0.204. The molecule has 0 rings (SSSR count). The maximum Gasteiger partial charge on any atom is 0.0554 e. The van der Waals surface area contributed by atoms with Gasteiger partial charge in [-0.1, -0.05) is 0 Å². The van der Waals surface area contributed by atoms with Crippen LogP contribution in [-0.2, 0) is 21.1 Å². The van der Waals surface area contributed by atoms with Gasteiger partial charge in [0, 0.05) is 27.6 Å². The van der Waals surface area contributed by atoms with E-state index in [2.05, 4.69) is 12.2 Å². The van der Waals surface area contributed by atoms with Crippen molar-refractivity contribution in [2.45, 2.75) is 0 Å². The molecule has 3 heteroatoms. The molecule has 0 aromatic carbocycles. The van der Waals surface area contributed by atoms with Crippen molar-refractivity contribution in [3.05, 3.63) is 6.92 Å². The van der Waals surface area contributed by atoms with E-state index in [4.69, 9.17) is 5.11 Å².